The van der Waals surface area contributed by atoms with Crippen molar-refractivity contribution in [3.05, 3.63) is 58.6 Å². The summed E-state index contributed by atoms with van der Waals surface area (Å²) in [7, 11) is 3.93. The second kappa shape index (κ2) is 8.01. The molecule has 0 aromatic heterocycles. The van der Waals surface area contributed by atoms with Crippen LogP contribution in [0.25, 0.3) is 0 Å². The Morgan fingerprint density at radius 1 is 1.19 bits per heavy atom. The van der Waals surface area contributed by atoms with E-state index in [0.717, 1.165) is 21.7 Å². The van der Waals surface area contributed by atoms with E-state index in [2.05, 4.69) is 0 Å². The number of rotatable bonds is 4. The third-order valence-electron chi connectivity index (χ3n) is 4.45. The van der Waals surface area contributed by atoms with E-state index in [0.29, 0.717) is 18.1 Å². The van der Waals surface area contributed by atoms with Crippen LogP contribution in [0.15, 0.2) is 47.4 Å². The van der Waals surface area contributed by atoms with E-state index in [1.54, 1.807) is 11.0 Å². The van der Waals surface area contributed by atoms with Crippen LogP contribution in [0.2, 0.25) is 5.02 Å². The van der Waals surface area contributed by atoms with Crippen LogP contribution in [0.5, 0.6) is 0 Å². The molecule has 2 atom stereocenters. The highest BCUT2D eigenvalue weighted by atomic mass is 35.5. The summed E-state index contributed by atoms with van der Waals surface area (Å²) in [5.41, 5.74) is 2.88. The second-order valence-corrected chi connectivity index (χ2v) is 8.42. The lowest BCUT2D eigenvalue weighted by Crippen LogP contribution is -2.43. The zero-order chi connectivity index (χ0) is 18.8. The fraction of sp³-hybridized carbons (Fsp3) is 0.350. The fourth-order valence-electron chi connectivity index (χ4n) is 2.95. The first-order valence-corrected chi connectivity index (χ1v) is 9.79. The molecule has 1 N–H and O–H groups in total. The van der Waals surface area contributed by atoms with Gasteiger partial charge in [0.25, 0.3) is 5.91 Å². The van der Waals surface area contributed by atoms with E-state index in [4.69, 9.17) is 11.6 Å². The Morgan fingerprint density at radius 2 is 1.88 bits per heavy atom. The summed E-state index contributed by atoms with van der Waals surface area (Å²) >= 11 is 7.70. The summed E-state index contributed by atoms with van der Waals surface area (Å²) in [5, 5.41) is 11.1. The van der Waals surface area contributed by atoms with Crippen molar-refractivity contribution in [2.24, 2.45) is 0 Å². The Bertz CT molecular complexity index is 795. The number of halogens is 1. The van der Waals surface area contributed by atoms with Gasteiger partial charge in [-0.2, -0.15) is 0 Å². The number of likely N-dealkylation sites (N-methyl/N-ethyl adjacent to an activating group) is 1. The van der Waals surface area contributed by atoms with Crippen LogP contribution < -0.4 is 4.90 Å². The van der Waals surface area contributed by atoms with E-state index in [9.17, 15) is 9.90 Å². The molecule has 0 saturated carbocycles. The van der Waals surface area contributed by atoms with Crippen LogP contribution in [0.1, 0.15) is 16.4 Å². The minimum atomic E-state index is -1.11. The van der Waals surface area contributed by atoms with Gasteiger partial charge in [-0.05, 0) is 44.8 Å². The van der Waals surface area contributed by atoms with Gasteiger partial charge in [0.1, 0.15) is 6.10 Å². The molecule has 0 fully saturated rings. The predicted octanol–water partition coefficient (Wildman–Crippen LogP) is 3.75. The standard InChI is InChI=1S/C20H23ClN2O2S/c1-13-4-6-14(7-5-13)19-18(24)20(25)23(11-10-22(2)3)16-9-8-15(21)12-17(16)26-19/h4-9,12,18-19,24H,10-11H2,1-3H3/t18?,19-/m0/s1. The fourth-order valence-corrected chi connectivity index (χ4v) is 4.49. The number of thioether (sulfide) groups is 1. The molecule has 0 aliphatic carbocycles. The van der Waals surface area contributed by atoms with Crippen LogP contribution in [-0.2, 0) is 4.79 Å². The Morgan fingerprint density at radius 3 is 2.54 bits per heavy atom. The quantitative estimate of drug-likeness (QED) is 0.863. The van der Waals surface area contributed by atoms with Gasteiger partial charge in [-0.1, -0.05) is 41.4 Å². The molecule has 138 valence electrons. The van der Waals surface area contributed by atoms with Gasteiger partial charge in [0.15, 0.2) is 0 Å². The number of nitrogens with zero attached hydrogens (tertiary/aromatic N) is 2. The van der Waals surface area contributed by atoms with Crippen LogP contribution in [0.4, 0.5) is 5.69 Å². The van der Waals surface area contributed by atoms with Crippen LogP contribution in [-0.4, -0.2) is 49.2 Å². The monoisotopic (exact) mass is 390 g/mol. The van der Waals surface area contributed by atoms with Crippen molar-refractivity contribution >= 4 is 35.0 Å². The van der Waals surface area contributed by atoms with Crippen molar-refractivity contribution in [3.63, 3.8) is 0 Å². The van der Waals surface area contributed by atoms with E-state index in [1.165, 1.54) is 11.8 Å². The number of hydrogen-bond donors (Lipinski definition) is 1. The molecule has 6 heteroatoms. The van der Waals surface area contributed by atoms with Gasteiger partial charge in [0.2, 0.25) is 0 Å². The first-order chi connectivity index (χ1) is 12.4. The summed E-state index contributed by atoms with van der Waals surface area (Å²) < 4.78 is 0. The Labute approximate surface area is 163 Å². The normalized spacial score (nSPS) is 20.2. The lowest BCUT2D eigenvalue weighted by molar-refractivity contribution is -0.126. The van der Waals surface area contributed by atoms with Gasteiger partial charge in [-0.15, -0.1) is 11.8 Å². The molecule has 2 aromatic rings. The topological polar surface area (TPSA) is 43.8 Å². The number of hydrogen-bond acceptors (Lipinski definition) is 4. The number of benzene rings is 2. The average molecular weight is 391 g/mol. The molecule has 0 saturated heterocycles. The van der Waals surface area contributed by atoms with Gasteiger partial charge in [-0.25, -0.2) is 0 Å². The molecule has 1 unspecified atom stereocenters. The largest absolute Gasteiger partial charge is 0.382 e. The zero-order valence-corrected chi connectivity index (χ0v) is 16.7. The third kappa shape index (κ3) is 4.07. The van der Waals surface area contributed by atoms with Gasteiger partial charge in [0.05, 0.1) is 10.9 Å². The maximum absolute atomic E-state index is 13.1. The van der Waals surface area contributed by atoms with E-state index in [-0.39, 0.29) is 11.2 Å². The number of amides is 1. The number of anilines is 1. The summed E-state index contributed by atoms with van der Waals surface area (Å²) in [4.78, 5) is 17.7. The zero-order valence-electron chi connectivity index (χ0n) is 15.1. The SMILES string of the molecule is Cc1ccc([C@@H]2Sc3cc(Cl)ccc3N(CCN(C)C)C(=O)C2O)cc1. The van der Waals surface area contributed by atoms with Crippen molar-refractivity contribution in [2.75, 3.05) is 32.1 Å². The van der Waals surface area contributed by atoms with Crippen molar-refractivity contribution in [3.8, 4) is 0 Å². The van der Waals surface area contributed by atoms with Gasteiger partial charge in [0, 0.05) is 23.0 Å². The number of aryl methyl sites for hydroxylation is 1. The summed E-state index contributed by atoms with van der Waals surface area (Å²) in [5.74, 6) is -0.272. The molecule has 0 radical (unpaired) electrons. The van der Waals surface area contributed by atoms with E-state index in [1.807, 2.05) is 62.3 Å². The number of aliphatic hydroxyl groups is 1. The number of aliphatic hydroxyl groups excluding tert-OH is 1. The average Bonchev–Trinajstić information content (AvgIpc) is 2.70. The molecule has 3 rings (SSSR count). The molecule has 2 aromatic carbocycles. The van der Waals surface area contributed by atoms with Crippen molar-refractivity contribution in [2.45, 2.75) is 23.2 Å². The minimum Gasteiger partial charge on any atom is -0.382 e. The molecule has 1 heterocycles. The van der Waals surface area contributed by atoms with Gasteiger partial charge < -0.3 is 14.9 Å². The van der Waals surface area contributed by atoms with Crippen molar-refractivity contribution in [1.29, 1.82) is 0 Å². The number of carbonyl (C=O) groups excluding carboxylic acids is 1. The van der Waals surface area contributed by atoms with Crippen LogP contribution in [0, 0.1) is 6.92 Å². The molecule has 0 bridgehead atoms. The van der Waals surface area contributed by atoms with Crippen molar-refractivity contribution in [1.82, 2.24) is 4.90 Å². The number of fused-ring (bicyclic) bond motifs is 1. The first-order valence-electron chi connectivity index (χ1n) is 8.54. The van der Waals surface area contributed by atoms with Crippen molar-refractivity contribution < 1.29 is 9.90 Å². The smallest absolute Gasteiger partial charge is 0.257 e. The lowest BCUT2D eigenvalue weighted by Gasteiger charge is -2.26. The molecular weight excluding hydrogens is 368 g/mol. The summed E-state index contributed by atoms with van der Waals surface area (Å²) in [6.45, 7) is 3.24. The van der Waals surface area contributed by atoms with Crippen LogP contribution >= 0.6 is 23.4 Å². The van der Waals surface area contributed by atoms with Gasteiger partial charge in [-0.3, -0.25) is 4.79 Å². The Hall–Kier alpha value is -1.53. The van der Waals surface area contributed by atoms with E-state index >= 15 is 0 Å². The molecule has 26 heavy (non-hydrogen) atoms. The lowest BCUT2D eigenvalue weighted by atomic mass is 10.0. The van der Waals surface area contributed by atoms with Gasteiger partial charge >= 0.3 is 0 Å². The maximum atomic E-state index is 13.1. The molecule has 1 aliphatic heterocycles. The Kier molecular flexibility index (Phi) is 5.92. The molecule has 1 amide bonds. The highest BCUT2D eigenvalue weighted by Gasteiger charge is 2.37. The molecule has 1 aliphatic rings. The highest BCUT2D eigenvalue weighted by molar-refractivity contribution is 7.99. The maximum Gasteiger partial charge on any atom is 0.257 e. The van der Waals surface area contributed by atoms with Crippen LogP contribution in [0.3, 0.4) is 0 Å². The summed E-state index contributed by atoms with van der Waals surface area (Å²) in [6.07, 6.45) is -1.11. The van der Waals surface area contributed by atoms with E-state index < -0.39 is 6.10 Å². The highest BCUT2D eigenvalue weighted by Crippen LogP contribution is 2.46. The first kappa shape index (κ1) is 19.2. The Balaban J connectivity index is 2.03. The second-order valence-electron chi connectivity index (χ2n) is 6.80. The molecule has 0 spiro atoms. The summed E-state index contributed by atoms with van der Waals surface area (Å²) in [6, 6.07) is 13.5. The molecular formula is C20H23ClN2O2S. The molecule has 4 nitrogen and oxygen atoms in total. The number of carbonyl (C=O) groups is 1. The third-order valence-corrected chi connectivity index (χ3v) is 6.05. The predicted molar refractivity (Wildman–Crippen MR) is 108 cm³/mol. The minimum absolute atomic E-state index is 0.272.